The Kier molecular flexibility index (Phi) is 4.09. The number of hydrogen-bond donors (Lipinski definition) is 1. The third kappa shape index (κ3) is 2.49. The smallest absolute Gasteiger partial charge is 0.0428 e. The van der Waals surface area contributed by atoms with Crippen LogP contribution in [-0.2, 0) is 0 Å². The Morgan fingerprint density at radius 3 is 1.93 bits per heavy atom. The van der Waals surface area contributed by atoms with E-state index in [-0.39, 0.29) is 0 Å². The standard InChI is InChI=1S/C13H21NS/c1-9-8-10(2)12(4)13(11(9)3)14(5)6-7-15/h8,15H,6-7H2,1-5H3. The molecular formula is C13H21NS. The second-order valence-electron chi connectivity index (χ2n) is 4.25. The molecule has 0 N–H and O–H groups in total. The van der Waals surface area contributed by atoms with E-state index in [2.05, 4.69) is 58.3 Å². The van der Waals surface area contributed by atoms with E-state index in [4.69, 9.17) is 0 Å². The van der Waals surface area contributed by atoms with Gasteiger partial charge in [0.05, 0.1) is 0 Å². The van der Waals surface area contributed by atoms with Crippen molar-refractivity contribution in [2.45, 2.75) is 27.7 Å². The van der Waals surface area contributed by atoms with E-state index < -0.39 is 0 Å². The topological polar surface area (TPSA) is 3.24 Å². The molecular weight excluding hydrogens is 202 g/mol. The van der Waals surface area contributed by atoms with E-state index in [1.807, 2.05) is 0 Å². The maximum absolute atomic E-state index is 4.29. The highest BCUT2D eigenvalue weighted by Crippen LogP contribution is 2.29. The summed E-state index contributed by atoms with van der Waals surface area (Å²) in [5.41, 5.74) is 6.91. The summed E-state index contributed by atoms with van der Waals surface area (Å²) in [6.45, 7) is 9.76. The molecule has 1 aromatic rings. The highest BCUT2D eigenvalue weighted by Gasteiger charge is 2.11. The Morgan fingerprint density at radius 1 is 1.07 bits per heavy atom. The Labute approximate surface area is 98.9 Å². The zero-order valence-corrected chi connectivity index (χ0v) is 11.3. The minimum Gasteiger partial charge on any atom is -0.373 e. The lowest BCUT2D eigenvalue weighted by Gasteiger charge is -2.25. The van der Waals surface area contributed by atoms with E-state index in [0.29, 0.717) is 0 Å². The average molecular weight is 223 g/mol. The van der Waals surface area contributed by atoms with Gasteiger partial charge in [0.1, 0.15) is 0 Å². The minimum atomic E-state index is 0.891. The van der Waals surface area contributed by atoms with Crippen LogP contribution in [0.5, 0.6) is 0 Å². The molecule has 0 radical (unpaired) electrons. The van der Waals surface area contributed by atoms with Crippen molar-refractivity contribution in [1.29, 1.82) is 0 Å². The number of benzene rings is 1. The van der Waals surface area contributed by atoms with Crippen LogP contribution in [0, 0.1) is 27.7 Å². The fourth-order valence-corrected chi connectivity index (χ4v) is 2.33. The third-order valence-electron chi connectivity index (χ3n) is 3.14. The quantitative estimate of drug-likeness (QED) is 0.770. The van der Waals surface area contributed by atoms with Crippen LogP contribution >= 0.6 is 12.6 Å². The highest BCUT2D eigenvalue weighted by molar-refractivity contribution is 7.80. The van der Waals surface area contributed by atoms with Gasteiger partial charge in [-0.1, -0.05) is 6.07 Å². The van der Waals surface area contributed by atoms with Crippen LogP contribution in [0.1, 0.15) is 22.3 Å². The summed E-state index contributed by atoms with van der Waals surface area (Å²) >= 11 is 4.29. The largest absolute Gasteiger partial charge is 0.373 e. The molecule has 15 heavy (non-hydrogen) atoms. The van der Waals surface area contributed by atoms with Gasteiger partial charge in [0.2, 0.25) is 0 Å². The third-order valence-corrected chi connectivity index (χ3v) is 3.34. The average Bonchev–Trinajstić information content (AvgIpc) is 2.16. The lowest BCUT2D eigenvalue weighted by atomic mass is 9.98. The molecule has 0 aromatic heterocycles. The summed E-state index contributed by atoms with van der Waals surface area (Å²) in [5, 5.41) is 0. The number of aryl methyl sites for hydroxylation is 2. The molecule has 2 heteroatoms. The van der Waals surface area contributed by atoms with Crippen LogP contribution < -0.4 is 4.90 Å². The van der Waals surface area contributed by atoms with Crippen molar-refractivity contribution < 1.29 is 0 Å². The summed E-state index contributed by atoms with van der Waals surface area (Å²) in [7, 11) is 2.14. The zero-order chi connectivity index (χ0) is 11.6. The number of nitrogens with zero attached hydrogens (tertiary/aromatic N) is 1. The van der Waals surface area contributed by atoms with Crippen molar-refractivity contribution in [3.05, 3.63) is 28.3 Å². The summed E-state index contributed by atoms with van der Waals surface area (Å²) in [6.07, 6.45) is 0. The first-order valence-corrected chi connectivity index (χ1v) is 6.01. The lowest BCUT2D eigenvalue weighted by Crippen LogP contribution is -2.22. The first-order valence-electron chi connectivity index (χ1n) is 5.38. The van der Waals surface area contributed by atoms with Crippen molar-refractivity contribution in [3.63, 3.8) is 0 Å². The van der Waals surface area contributed by atoms with Crippen LogP contribution in [0.3, 0.4) is 0 Å². The van der Waals surface area contributed by atoms with Gasteiger partial charge >= 0.3 is 0 Å². The van der Waals surface area contributed by atoms with Gasteiger partial charge in [0.25, 0.3) is 0 Å². The van der Waals surface area contributed by atoms with Crippen LogP contribution in [0.25, 0.3) is 0 Å². The van der Waals surface area contributed by atoms with E-state index >= 15 is 0 Å². The molecule has 1 rings (SSSR count). The number of anilines is 1. The van der Waals surface area contributed by atoms with E-state index in [1.165, 1.54) is 27.9 Å². The molecule has 1 nitrogen and oxygen atoms in total. The molecule has 1 aromatic carbocycles. The highest BCUT2D eigenvalue weighted by atomic mass is 32.1. The van der Waals surface area contributed by atoms with Gasteiger partial charge in [-0.3, -0.25) is 0 Å². The fourth-order valence-electron chi connectivity index (χ4n) is 2.03. The van der Waals surface area contributed by atoms with Crippen molar-refractivity contribution >= 4 is 18.3 Å². The Bertz CT molecular complexity index is 332. The van der Waals surface area contributed by atoms with Gasteiger partial charge in [-0.25, -0.2) is 0 Å². The number of hydrogen-bond acceptors (Lipinski definition) is 2. The second-order valence-corrected chi connectivity index (χ2v) is 4.70. The van der Waals surface area contributed by atoms with Crippen molar-refractivity contribution in [2.75, 3.05) is 24.2 Å². The normalized spacial score (nSPS) is 10.5. The van der Waals surface area contributed by atoms with Gasteiger partial charge in [-0.05, 0) is 49.9 Å². The van der Waals surface area contributed by atoms with Crippen LogP contribution in [0.15, 0.2) is 6.07 Å². The van der Waals surface area contributed by atoms with Gasteiger partial charge < -0.3 is 4.90 Å². The zero-order valence-electron chi connectivity index (χ0n) is 10.4. The Hall–Kier alpha value is -0.630. The lowest BCUT2D eigenvalue weighted by molar-refractivity contribution is 0.957. The van der Waals surface area contributed by atoms with Crippen molar-refractivity contribution in [1.82, 2.24) is 0 Å². The summed E-state index contributed by atoms with van der Waals surface area (Å²) < 4.78 is 0. The molecule has 0 unspecified atom stereocenters. The summed E-state index contributed by atoms with van der Waals surface area (Å²) in [5.74, 6) is 0.891. The minimum absolute atomic E-state index is 0.891. The van der Waals surface area contributed by atoms with Crippen LogP contribution in [-0.4, -0.2) is 19.3 Å². The van der Waals surface area contributed by atoms with Gasteiger partial charge in [0, 0.05) is 25.0 Å². The molecule has 0 aliphatic carbocycles. The molecule has 0 saturated heterocycles. The molecule has 0 fully saturated rings. The maximum Gasteiger partial charge on any atom is 0.0428 e. The second kappa shape index (κ2) is 4.93. The monoisotopic (exact) mass is 223 g/mol. The Balaban J connectivity index is 3.26. The molecule has 0 aliphatic heterocycles. The Morgan fingerprint density at radius 2 is 1.53 bits per heavy atom. The van der Waals surface area contributed by atoms with Crippen LogP contribution in [0.4, 0.5) is 5.69 Å². The predicted molar refractivity (Wildman–Crippen MR) is 72.5 cm³/mol. The first kappa shape index (κ1) is 12.4. The maximum atomic E-state index is 4.29. The molecule has 84 valence electrons. The molecule has 0 bridgehead atoms. The number of rotatable bonds is 3. The molecule has 0 saturated carbocycles. The van der Waals surface area contributed by atoms with Gasteiger partial charge in [-0.15, -0.1) is 0 Å². The van der Waals surface area contributed by atoms with Crippen molar-refractivity contribution in [2.24, 2.45) is 0 Å². The van der Waals surface area contributed by atoms with Gasteiger partial charge in [0.15, 0.2) is 0 Å². The summed E-state index contributed by atoms with van der Waals surface area (Å²) in [4.78, 5) is 2.30. The number of thiol groups is 1. The van der Waals surface area contributed by atoms with Crippen molar-refractivity contribution in [3.8, 4) is 0 Å². The molecule has 0 spiro atoms. The van der Waals surface area contributed by atoms with E-state index in [1.54, 1.807) is 0 Å². The molecule has 0 aliphatic rings. The first-order chi connectivity index (χ1) is 6.99. The summed E-state index contributed by atoms with van der Waals surface area (Å²) in [6, 6.07) is 2.27. The van der Waals surface area contributed by atoms with Gasteiger partial charge in [-0.2, -0.15) is 12.6 Å². The predicted octanol–water partition coefficient (Wildman–Crippen LogP) is 3.29. The van der Waals surface area contributed by atoms with Crippen LogP contribution in [0.2, 0.25) is 0 Å². The van der Waals surface area contributed by atoms with E-state index in [9.17, 15) is 0 Å². The fraction of sp³-hybridized carbons (Fsp3) is 0.538. The molecule has 0 amide bonds. The SMILES string of the molecule is Cc1cc(C)c(C)c(N(C)CCS)c1C. The molecule has 0 atom stereocenters. The van der Waals surface area contributed by atoms with E-state index in [0.717, 1.165) is 12.3 Å². The molecule has 0 heterocycles.